The number of carbonyl (C=O) groups is 1. The summed E-state index contributed by atoms with van der Waals surface area (Å²) in [5.74, 6) is 0.200. The molecule has 0 fully saturated rings. The van der Waals surface area contributed by atoms with Gasteiger partial charge in [0.2, 0.25) is 12.3 Å². The lowest BCUT2D eigenvalue weighted by molar-refractivity contribution is -0.683. The molecule has 0 spiro atoms. The predicted molar refractivity (Wildman–Crippen MR) is 71.9 cm³/mol. The standard InChI is InChI=1S/C15H16NOS/c17-14(15-6-3-9-18-15)11-16-8-7-12-4-1-2-5-13(12)10-16/h3,6-10H,1-2,4-5,11H2/q+1. The number of aryl methyl sites for hydroxylation is 2. The number of aromatic nitrogens is 1. The van der Waals surface area contributed by atoms with Crippen molar-refractivity contribution in [3.8, 4) is 0 Å². The van der Waals surface area contributed by atoms with Crippen molar-refractivity contribution in [2.24, 2.45) is 0 Å². The van der Waals surface area contributed by atoms with E-state index < -0.39 is 0 Å². The van der Waals surface area contributed by atoms with Gasteiger partial charge in [0.05, 0.1) is 4.88 Å². The Kier molecular flexibility index (Phi) is 3.24. The molecule has 0 N–H and O–H groups in total. The largest absolute Gasteiger partial charge is 0.286 e. The van der Waals surface area contributed by atoms with Gasteiger partial charge in [-0.2, -0.15) is 4.57 Å². The van der Waals surface area contributed by atoms with E-state index in [1.165, 1.54) is 41.7 Å². The van der Waals surface area contributed by atoms with Crippen LogP contribution in [0.25, 0.3) is 0 Å². The van der Waals surface area contributed by atoms with E-state index in [0.717, 1.165) is 11.3 Å². The topological polar surface area (TPSA) is 20.9 Å². The van der Waals surface area contributed by atoms with Gasteiger partial charge in [-0.15, -0.1) is 11.3 Å². The molecule has 1 aliphatic rings. The number of nitrogens with zero attached hydrogens (tertiary/aromatic N) is 1. The molecule has 0 unspecified atom stereocenters. The predicted octanol–water partition coefficient (Wildman–Crippen LogP) is 2.80. The summed E-state index contributed by atoms with van der Waals surface area (Å²) < 4.78 is 2.02. The van der Waals surface area contributed by atoms with E-state index in [4.69, 9.17) is 0 Å². The monoisotopic (exact) mass is 258 g/mol. The smallest absolute Gasteiger partial charge is 0.237 e. The van der Waals surface area contributed by atoms with Crippen LogP contribution >= 0.6 is 11.3 Å². The van der Waals surface area contributed by atoms with Crippen LogP contribution in [0.1, 0.15) is 33.6 Å². The Bertz CT molecular complexity index is 560. The van der Waals surface area contributed by atoms with Gasteiger partial charge >= 0.3 is 0 Å². The summed E-state index contributed by atoms with van der Waals surface area (Å²) in [6.45, 7) is 0.452. The summed E-state index contributed by atoms with van der Waals surface area (Å²) in [5.41, 5.74) is 2.88. The summed E-state index contributed by atoms with van der Waals surface area (Å²) in [4.78, 5) is 12.9. The highest BCUT2D eigenvalue weighted by Gasteiger charge is 2.17. The van der Waals surface area contributed by atoms with Crippen molar-refractivity contribution in [3.05, 3.63) is 52.0 Å². The lowest BCUT2D eigenvalue weighted by atomic mass is 9.93. The Morgan fingerprint density at radius 2 is 2.06 bits per heavy atom. The summed E-state index contributed by atoms with van der Waals surface area (Å²) >= 11 is 1.52. The molecule has 2 aromatic heterocycles. The van der Waals surface area contributed by atoms with E-state index in [1.807, 2.05) is 28.3 Å². The molecule has 2 heterocycles. The zero-order chi connectivity index (χ0) is 12.4. The minimum atomic E-state index is 0.200. The number of hydrogen-bond donors (Lipinski definition) is 0. The third-order valence-electron chi connectivity index (χ3n) is 3.47. The van der Waals surface area contributed by atoms with Gasteiger partial charge in [-0.25, -0.2) is 0 Å². The third-order valence-corrected chi connectivity index (χ3v) is 4.38. The van der Waals surface area contributed by atoms with Crippen LogP contribution in [0.4, 0.5) is 0 Å². The Morgan fingerprint density at radius 1 is 1.22 bits per heavy atom. The molecule has 18 heavy (non-hydrogen) atoms. The molecule has 0 aliphatic heterocycles. The quantitative estimate of drug-likeness (QED) is 0.612. The fraction of sp³-hybridized carbons (Fsp3) is 0.333. The van der Waals surface area contributed by atoms with Gasteiger partial charge in [0.1, 0.15) is 0 Å². The van der Waals surface area contributed by atoms with Gasteiger partial charge in [0, 0.05) is 11.6 Å². The highest BCUT2D eigenvalue weighted by atomic mass is 32.1. The second-order valence-corrected chi connectivity index (χ2v) is 5.72. The summed E-state index contributed by atoms with van der Waals surface area (Å²) in [7, 11) is 0. The highest BCUT2D eigenvalue weighted by Crippen LogP contribution is 2.18. The van der Waals surface area contributed by atoms with Crippen LogP contribution in [0.5, 0.6) is 0 Å². The van der Waals surface area contributed by atoms with Gasteiger partial charge in [0.15, 0.2) is 12.4 Å². The minimum absolute atomic E-state index is 0.200. The van der Waals surface area contributed by atoms with Gasteiger partial charge < -0.3 is 0 Å². The van der Waals surface area contributed by atoms with Gasteiger partial charge in [-0.05, 0) is 42.7 Å². The molecule has 0 radical (unpaired) electrons. The fourth-order valence-corrected chi connectivity index (χ4v) is 3.15. The zero-order valence-electron chi connectivity index (χ0n) is 10.3. The Balaban J connectivity index is 1.79. The van der Waals surface area contributed by atoms with E-state index >= 15 is 0 Å². The van der Waals surface area contributed by atoms with Crippen LogP contribution < -0.4 is 4.57 Å². The maximum absolute atomic E-state index is 12.0. The number of Topliss-reactive ketones (excluding diaryl/α,β-unsaturated/α-hetero) is 1. The molecular formula is C15H16NOS+. The maximum Gasteiger partial charge on any atom is 0.237 e. The lowest BCUT2D eigenvalue weighted by Gasteiger charge is -2.13. The van der Waals surface area contributed by atoms with E-state index in [-0.39, 0.29) is 5.78 Å². The fourth-order valence-electron chi connectivity index (χ4n) is 2.50. The first-order chi connectivity index (χ1) is 8.83. The molecule has 3 rings (SSSR count). The molecule has 2 aromatic rings. The first kappa shape index (κ1) is 11.6. The minimum Gasteiger partial charge on any atom is -0.286 e. The van der Waals surface area contributed by atoms with E-state index in [0.29, 0.717) is 6.54 Å². The average Bonchev–Trinajstić information content (AvgIpc) is 2.92. The first-order valence-electron chi connectivity index (χ1n) is 6.40. The van der Waals surface area contributed by atoms with E-state index in [9.17, 15) is 4.79 Å². The van der Waals surface area contributed by atoms with Gasteiger partial charge in [-0.1, -0.05) is 6.07 Å². The maximum atomic E-state index is 12.0. The van der Waals surface area contributed by atoms with Crippen LogP contribution in [0.2, 0.25) is 0 Å². The second-order valence-electron chi connectivity index (χ2n) is 4.78. The Morgan fingerprint density at radius 3 is 2.83 bits per heavy atom. The molecular weight excluding hydrogens is 242 g/mol. The summed E-state index contributed by atoms with van der Waals surface area (Å²) in [5, 5.41) is 1.95. The number of carbonyl (C=O) groups excluding carboxylic acids is 1. The van der Waals surface area contributed by atoms with Crippen molar-refractivity contribution in [1.29, 1.82) is 0 Å². The van der Waals surface area contributed by atoms with Crippen LogP contribution in [-0.2, 0) is 19.4 Å². The Labute approximate surface area is 111 Å². The SMILES string of the molecule is O=C(C[n+]1ccc2c(c1)CCCC2)c1cccs1. The number of thiophene rings is 1. The number of hydrogen-bond acceptors (Lipinski definition) is 2. The molecule has 2 nitrogen and oxygen atoms in total. The lowest BCUT2D eigenvalue weighted by Crippen LogP contribution is -2.38. The normalized spacial score (nSPS) is 14.2. The number of fused-ring (bicyclic) bond motifs is 1. The Hall–Kier alpha value is -1.48. The van der Waals surface area contributed by atoms with Crippen LogP contribution in [-0.4, -0.2) is 5.78 Å². The van der Waals surface area contributed by atoms with Crippen molar-refractivity contribution in [2.75, 3.05) is 0 Å². The third kappa shape index (κ3) is 2.36. The van der Waals surface area contributed by atoms with Crippen LogP contribution in [0.3, 0.4) is 0 Å². The number of ketones is 1. The van der Waals surface area contributed by atoms with Crippen LogP contribution in [0, 0.1) is 0 Å². The van der Waals surface area contributed by atoms with Crippen LogP contribution in [0.15, 0.2) is 36.0 Å². The number of pyridine rings is 1. The molecule has 1 aliphatic carbocycles. The first-order valence-corrected chi connectivity index (χ1v) is 7.28. The average molecular weight is 258 g/mol. The summed E-state index contributed by atoms with van der Waals surface area (Å²) in [6.07, 6.45) is 9.11. The molecule has 0 saturated heterocycles. The van der Waals surface area contributed by atoms with E-state index in [2.05, 4.69) is 12.3 Å². The molecule has 0 bridgehead atoms. The molecule has 92 valence electrons. The number of rotatable bonds is 3. The van der Waals surface area contributed by atoms with Gasteiger partial charge in [0.25, 0.3) is 0 Å². The van der Waals surface area contributed by atoms with Crippen molar-refractivity contribution in [1.82, 2.24) is 0 Å². The van der Waals surface area contributed by atoms with Gasteiger partial charge in [-0.3, -0.25) is 4.79 Å². The van der Waals surface area contributed by atoms with Crippen molar-refractivity contribution in [2.45, 2.75) is 32.2 Å². The molecule has 3 heteroatoms. The molecule has 0 amide bonds. The molecule has 0 saturated carbocycles. The summed E-state index contributed by atoms with van der Waals surface area (Å²) in [6, 6.07) is 6.00. The zero-order valence-corrected chi connectivity index (χ0v) is 11.1. The molecule has 0 aromatic carbocycles. The molecule has 0 atom stereocenters. The van der Waals surface area contributed by atoms with Crippen molar-refractivity contribution in [3.63, 3.8) is 0 Å². The highest BCUT2D eigenvalue weighted by molar-refractivity contribution is 7.12. The second kappa shape index (κ2) is 5.02. The van der Waals surface area contributed by atoms with E-state index in [1.54, 1.807) is 0 Å². The van der Waals surface area contributed by atoms with Crippen molar-refractivity contribution < 1.29 is 9.36 Å². The van der Waals surface area contributed by atoms with Crippen molar-refractivity contribution >= 4 is 17.1 Å².